The van der Waals surface area contributed by atoms with E-state index in [4.69, 9.17) is 26.5 Å². The van der Waals surface area contributed by atoms with Gasteiger partial charge in [-0.05, 0) is 72.2 Å². The molecule has 5 aromatic rings. The molecule has 0 aliphatic carbocycles. The van der Waals surface area contributed by atoms with E-state index in [0.717, 1.165) is 58.1 Å². The van der Waals surface area contributed by atoms with E-state index in [1.165, 1.54) is 13.4 Å². The molecule has 1 unspecified atom stereocenters. The van der Waals surface area contributed by atoms with E-state index in [9.17, 15) is 9.59 Å². The number of pyridine rings is 1. The van der Waals surface area contributed by atoms with Crippen LogP contribution in [0, 0.1) is 6.92 Å². The first-order valence-corrected chi connectivity index (χ1v) is 13.1. The third kappa shape index (κ3) is 5.63. The molecule has 0 radical (unpaired) electrons. The number of carboxylic acid groups (broad SMARTS) is 1. The summed E-state index contributed by atoms with van der Waals surface area (Å²) in [5, 5.41) is 21.5. The smallest absolute Gasteiger partial charge is 0.411 e. The van der Waals surface area contributed by atoms with Gasteiger partial charge < -0.3 is 19.4 Å². The van der Waals surface area contributed by atoms with Gasteiger partial charge in [-0.1, -0.05) is 23.7 Å². The van der Waals surface area contributed by atoms with Crippen molar-refractivity contribution in [2.75, 3.05) is 12.4 Å². The number of nitrogens with one attached hydrogen (secondary N) is 2. The number of benzene rings is 2. The molecular weight excluding hydrogens is 564 g/mol. The maximum Gasteiger partial charge on any atom is 0.411 e. The predicted octanol–water partition coefficient (Wildman–Crippen LogP) is 4.26. The summed E-state index contributed by atoms with van der Waals surface area (Å²) in [5.41, 5.74) is 6.22. The Bertz CT molecular complexity index is 1800. The van der Waals surface area contributed by atoms with Crippen molar-refractivity contribution >= 4 is 29.9 Å². The summed E-state index contributed by atoms with van der Waals surface area (Å²) in [6, 6.07) is 16.2. The van der Waals surface area contributed by atoms with Crippen molar-refractivity contribution in [1.29, 1.82) is 0 Å². The Morgan fingerprint density at radius 1 is 1.17 bits per heavy atom. The number of tetrazole rings is 1. The van der Waals surface area contributed by atoms with E-state index in [2.05, 4.69) is 30.6 Å². The van der Waals surface area contributed by atoms with E-state index < -0.39 is 6.09 Å². The number of amides is 1. The highest BCUT2D eigenvalue weighted by Crippen LogP contribution is 2.35. The Labute approximate surface area is 243 Å². The fraction of sp³-hybridized carbons (Fsp3) is 0.179. The largest absolute Gasteiger partial charge is 0.483 e. The number of aromatic amines is 1. The van der Waals surface area contributed by atoms with E-state index in [1.54, 1.807) is 33.5 Å². The lowest BCUT2D eigenvalue weighted by Crippen LogP contribution is -2.24. The topological polar surface area (TPSA) is 170 Å². The van der Waals surface area contributed by atoms with Crippen molar-refractivity contribution in [1.82, 2.24) is 34.7 Å². The number of aryl methyl sites for hydroxylation is 2. The van der Waals surface area contributed by atoms with E-state index in [0.29, 0.717) is 10.7 Å². The summed E-state index contributed by atoms with van der Waals surface area (Å²) >= 11 is 6.31. The molecule has 1 aliphatic heterocycles. The minimum atomic E-state index is -0.531. The van der Waals surface area contributed by atoms with Crippen LogP contribution in [0.4, 0.5) is 10.5 Å². The molecule has 42 heavy (non-hydrogen) atoms. The minimum absolute atomic E-state index is 0.124. The van der Waals surface area contributed by atoms with Crippen LogP contribution in [0.15, 0.2) is 65.7 Å². The Morgan fingerprint density at radius 2 is 1.93 bits per heavy atom. The number of aromatic nitrogens is 7. The average Bonchev–Trinajstić information content (AvgIpc) is 3.74. The van der Waals surface area contributed by atoms with Gasteiger partial charge in [0.15, 0.2) is 0 Å². The third-order valence-electron chi connectivity index (χ3n) is 6.81. The number of hydrogen-bond donors (Lipinski definition) is 3. The van der Waals surface area contributed by atoms with Crippen LogP contribution in [0.25, 0.3) is 28.1 Å². The van der Waals surface area contributed by atoms with Gasteiger partial charge in [-0.25, -0.2) is 9.78 Å². The van der Waals surface area contributed by atoms with Crippen molar-refractivity contribution in [3.63, 3.8) is 0 Å². The highest BCUT2D eigenvalue weighted by atomic mass is 35.5. The second-order valence-electron chi connectivity index (χ2n) is 9.31. The summed E-state index contributed by atoms with van der Waals surface area (Å²) in [6.45, 7) is 1.70. The molecule has 0 saturated carbocycles. The van der Waals surface area contributed by atoms with Crippen molar-refractivity contribution in [2.24, 2.45) is 0 Å². The zero-order chi connectivity index (χ0) is 29.8. The summed E-state index contributed by atoms with van der Waals surface area (Å²) < 4.78 is 7.99. The number of rotatable bonds is 5. The van der Waals surface area contributed by atoms with Crippen molar-refractivity contribution < 1.29 is 19.4 Å². The lowest BCUT2D eigenvalue weighted by atomic mass is 10.0. The number of H-pyrrole nitrogens is 1. The summed E-state index contributed by atoms with van der Waals surface area (Å²) in [6.07, 6.45) is 2.43. The van der Waals surface area contributed by atoms with Gasteiger partial charge in [-0.2, -0.15) is 4.68 Å². The second kappa shape index (κ2) is 12.1. The first-order chi connectivity index (χ1) is 20.3. The lowest BCUT2D eigenvalue weighted by molar-refractivity contribution is -0.122. The zero-order valence-electron chi connectivity index (χ0n) is 22.5. The first kappa shape index (κ1) is 28.2. The fourth-order valence-corrected chi connectivity index (χ4v) is 5.20. The highest BCUT2D eigenvalue weighted by molar-refractivity contribution is 6.31. The van der Waals surface area contributed by atoms with Crippen LogP contribution in [-0.4, -0.2) is 59.5 Å². The SMILES string of the molecule is COC(=O)Nc1ccc(-c2nc(C3CCc4cc(-c5cc(Cl)ccc5-n5cnnn5)cc(=O)n43)[nH]c2C)cc1.O=CO. The normalized spacial score (nSPS) is 13.5. The van der Waals surface area contributed by atoms with Crippen LogP contribution in [0.2, 0.25) is 5.02 Å². The van der Waals surface area contributed by atoms with Crippen LogP contribution >= 0.6 is 11.6 Å². The van der Waals surface area contributed by atoms with Gasteiger partial charge >= 0.3 is 6.09 Å². The molecule has 1 aliphatic rings. The molecule has 14 heteroatoms. The summed E-state index contributed by atoms with van der Waals surface area (Å²) in [7, 11) is 1.32. The molecule has 0 saturated heterocycles. The number of ether oxygens (including phenoxy) is 1. The standard InChI is InChI=1S/C27H23ClN8O3.CH2O2/c1-15-25(16-3-6-19(7-4-16)31-27(38)39-2)32-26(30-15)23-10-8-20-11-17(12-24(37)36(20)23)21-13-18(28)5-9-22(21)35-14-29-33-34-35;2-1-3/h3-7,9,11-14,23H,8,10H2,1-2H3,(H,30,32)(H,31,38);1H,(H,2,3). The van der Waals surface area contributed by atoms with Crippen molar-refractivity contribution in [3.05, 3.63) is 93.5 Å². The molecule has 0 bridgehead atoms. The van der Waals surface area contributed by atoms with Crippen LogP contribution in [0.5, 0.6) is 0 Å². The Morgan fingerprint density at radius 3 is 2.62 bits per heavy atom. The summed E-state index contributed by atoms with van der Waals surface area (Å²) in [4.78, 5) is 41.6. The first-order valence-electron chi connectivity index (χ1n) is 12.7. The Hall–Kier alpha value is -5.30. The van der Waals surface area contributed by atoms with Crippen LogP contribution in [0.3, 0.4) is 0 Å². The van der Waals surface area contributed by atoms with Gasteiger partial charge in [0.25, 0.3) is 12.0 Å². The molecule has 3 aromatic heterocycles. The zero-order valence-corrected chi connectivity index (χ0v) is 23.2. The number of imidazole rings is 1. The Kier molecular flexibility index (Phi) is 8.11. The van der Waals surface area contributed by atoms with Gasteiger partial charge in [0.2, 0.25) is 0 Å². The van der Waals surface area contributed by atoms with E-state index >= 15 is 0 Å². The van der Waals surface area contributed by atoms with Crippen molar-refractivity contribution in [3.8, 4) is 28.1 Å². The highest BCUT2D eigenvalue weighted by Gasteiger charge is 2.29. The number of hydrogen-bond acceptors (Lipinski definition) is 8. The number of halogens is 1. The molecule has 2 aromatic carbocycles. The molecule has 1 atom stereocenters. The second-order valence-corrected chi connectivity index (χ2v) is 9.75. The minimum Gasteiger partial charge on any atom is -0.483 e. The molecule has 0 fully saturated rings. The lowest BCUT2D eigenvalue weighted by Gasteiger charge is -2.15. The molecule has 6 rings (SSSR count). The van der Waals surface area contributed by atoms with Gasteiger partial charge in [0.1, 0.15) is 12.2 Å². The maximum atomic E-state index is 13.5. The molecule has 0 spiro atoms. The number of anilines is 1. The number of methoxy groups -OCH3 is 1. The monoisotopic (exact) mass is 588 g/mol. The Balaban J connectivity index is 0.00000113. The average molecular weight is 589 g/mol. The number of carbonyl (C=O) groups is 2. The van der Waals surface area contributed by atoms with Gasteiger partial charge in [-0.3, -0.25) is 14.9 Å². The van der Waals surface area contributed by atoms with Crippen molar-refractivity contribution in [2.45, 2.75) is 25.8 Å². The molecule has 4 heterocycles. The predicted molar refractivity (Wildman–Crippen MR) is 154 cm³/mol. The quantitative estimate of drug-likeness (QED) is 0.254. The molecular formula is C28H25ClN8O5. The molecule has 3 N–H and O–H groups in total. The van der Waals surface area contributed by atoms with E-state index in [1.807, 2.05) is 37.3 Å². The van der Waals surface area contributed by atoms with Crippen LogP contribution in [-0.2, 0) is 16.0 Å². The number of nitrogens with zero attached hydrogens (tertiary/aromatic N) is 6. The van der Waals surface area contributed by atoms with Gasteiger partial charge in [0, 0.05) is 39.3 Å². The number of carbonyl (C=O) groups excluding carboxylic acids is 1. The third-order valence-corrected chi connectivity index (χ3v) is 7.04. The molecule has 13 nitrogen and oxygen atoms in total. The maximum absolute atomic E-state index is 13.5. The van der Waals surface area contributed by atoms with Gasteiger partial charge in [-0.15, -0.1) is 5.10 Å². The number of fused-ring (bicyclic) bond motifs is 1. The van der Waals surface area contributed by atoms with Crippen LogP contribution < -0.4 is 10.9 Å². The fourth-order valence-electron chi connectivity index (χ4n) is 5.02. The van der Waals surface area contributed by atoms with Crippen LogP contribution in [0.1, 0.15) is 29.7 Å². The molecule has 1 amide bonds. The summed E-state index contributed by atoms with van der Waals surface area (Å²) in [5.74, 6) is 0.727. The molecule has 214 valence electrons. The van der Waals surface area contributed by atoms with Gasteiger partial charge in [0.05, 0.1) is 24.5 Å². The van der Waals surface area contributed by atoms with E-state index in [-0.39, 0.29) is 18.1 Å².